The van der Waals surface area contributed by atoms with Crippen LogP contribution in [0.2, 0.25) is 10.0 Å². The average molecular weight is 403 g/mol. The van der Waals surface area contributed by atoms with Crippen molar-refractivity contribution in [3.63, 3.8) is 0 Å². The number of carbonyl (C=O) groups is 1. The third-order valence-corrected chi connectivity index (χ3v) is 5.11. The van der Waals surface area contributed by atoms with Gasteiger partial charge in [0.2, 0.25) is 0 Å². The number of rotatable bonds is 3. The molecule has 2 heterocycles. The lowest BCUT2D eigenvalue weighted by atomic mass is 10.00. The predicted molar refractivity (Wildman–Crippen MR) is 103 cm³/mol. The zero-order valence-corrected chi connectivity index (χ0v) is 16.0. The molecule has 0 spiro atoms. The number of nitrogens with zero attached hydrogens (tertiary/aromatic N) is 2. The van der Waals surface area contributed by atoms with Crippen LogP contribution in [0.25, 0.3) is 11.3 Å². The van der Waals surface area contributed by atoms with Gasteiger partial charge in [-0.05, 0) is 48.9 Å². The highest BCUT2D eigenvalue weighted by Gasteiger charge is 2.29. The van der Waals surface area contributed by atoms with Gasteiger partial charge in [0.15, 0.2) is 5.76 Å². The van der Waals surface area contributed by atoms with Gasteiger partial charge < -0.3 is 14.2 Å². The largest absolute Gasteiger partial charge is 0.496 e. The Morgan fingerprint density at radius 1 is 1.15 bits per heavy atom. The molecule has 1 aliphatic rings. The first-order valence-corrected chi connectivity index (χ1v) is 9.18. The maximum absolute atomic E-state index is 13.0. The third-order valence-electron chi connectivity index (χ3n) is 4.63. The maximum atomic E-state index is 13.0. The summed E-state index contributed by atoms with van der Waals surface area (Å²) in [6.07, 6.45) is 0.658. The predicted octanol–water partition coefficient (Wildman–Crippen LogP) is 4.86. The molecule has 4 rings (SSSR count). The molecular weight excluding hydrogens is 387 g/mol. The molecule has 0 unspecified atom stereocenters. The van der Waals surface area contributed by atoms with Crippen LogP contribution < -0.4 is 4.74 Å². The summed E-state index contributed by atoms with van der Waals surface area (Å²) in [5.74, 6) is 1.09. The number of amides is 1. The Morgan fingerprint density at radius 2 is 1.89 bits per heavy atom. The summed E-state index contributed by atoms with van der Waals surface area (Å²) in [6.45, 7) is 0.935. The first kappa shape index (κ1) is 17.9. The summed E-state index contributed by atoms with van der Waals surface area (Å²) in [5.41, 5.74) is 3.15. The second-order valence-electron chi connectivity index (χ2n) is 6.27. The lowest BCUT2D eigenvalue weighted by Crippen LogP contribution is -2.36. The van der Waals surface area contributed by atoms with Crippen LogP contribution in [0.4, 0.5) is 0 Å². The number of aromatic nitrogens is 1. The molecule has 0 N–H and O–H groups in total. The minimum absolute atomic E-state index is 0.143. The second kappa shape index (κ2) is 7.25. The first-order valence-electron chi connectivity index (χ1n) is 8.43. The zero-order valence-electron chi connectivity index (χ0n) is 14.5. The van der Waals surface area contributed by atoms with E-state index in [0.717, 1.165) is 22.6 Å². The molecule has 0 saturated heterocycles. The Balaban J connectivity index is 1.60. The van der Waals surface area contributed by atoms with Gasteiger partial charge in [-0.3, -0.25) is 4.79 Å². The monoisotopic (exact) mass is 402 g/mol. The lowest BCUT2D eigenvalue weighted by molar-refractivity contribution is 0.0728. The molecule has 2 aromatic carbocycles. The Morgan fingerprint density at radius 3 is 2.63 bits per heavy atom. The summed E-state index contributed by atoms with van der Waals surface area (Å²) in [4.78, 5) is 14.7. The fraction of sp³-hybridized carbons (Fsp3) is 0.200. The summed E-state index contributed by atoms with van der Waals surface area (Å²) in [6, 6.07) is 12.4. The van der Waals surface area contributed by atoms with Gasteiger partial charge in [-0.15, -0.1) is 0 Å². The van der Waals surface area contributed by atoms with E-state index in [-0.39, 0.29) is 5.91 Å². The molecule has 1 amide bonds. The Bertz CT molecular complexity index is 999. The molecule has 1 aromatic heterocycles. The quantitative estimate of drug-likeness (QED) is 0.627. The smallest absolute Gasteiger partial charge is 0.258 e. The van der Waals surface area contributed by atoms with Gasteiger partial charge in [-0.1, -0.05) is 28.4 Å². The van der Waals surface area contributed by atoms with E-state index in [1.165, 1.54) is 7.11 Å². The minimum atomic E-state index is -0.143. The molecule has 3 aromatic rings. The zero-order chi connectivity index (χ0) is 19.0. The molecule has 138 valence electrons. The first-order chi connectivity index (χ1) is 13.1. The van der Waals surface area contributed by atoms with Gasteiger partial charge in [-0.25, -0.2) is 0 Å². The Labute approximate surface area is 166 Å². The number of benzene rings is 2. The number of ether oxygens (including phenoxy) is 1. The molecule has 0 aliphatic carbocycles. The van der Waals surface area contributed by atoms with E-state index in [0.29, 0.717) is 40.9 Å². The molecule has 0 fully saturated rings. The van der Waals surface area contributed by atoms with Gasteiger partial charge in [0, 0.05) is 27.7 Å². The third kappa shape index (κ3) is 3.40. The van der Waals surface area contributed by atoms with Crippen molar-refractivity contribution >= 4 is 29.1 Å². The van der Waals surface area contributed by atoms with Crippen LogP contribution in [0.15, 0.2) is 47.0 Å². The maximum Gasteiger partial charge on any atom is 0.258 e. The molecule has 0 atom stereocenters. The van der Waals surface area contributed by atoms with Crippen LogP contribution in [0, 0.1) is 0 Å². The van der Waals surface area contributed by atoms with Crippen LogP contribution in [-0.2, 0) is 13.0 Å². The molecule has 27 heavy (non-hydrogen) atoms. The van der Waals surface area contributed by atoms with Crippen molar-refractivity contribution in [1.82, 2.24) is 10.1 Å². The van der Waals surface area contributed by atoms with Gasteiger partial charge in [0.1, 0.15) is 11.4 Å². The second-order valence-corrected chi connectivity index (χ2v) is 7.14. The highest BCUT2D eigenvalue weighted by atomic mass is 35.5. The number of carbonyl (C=O) groups excluding carboxylic acids is 1. The average Bonchev–Trinajstić information content (AvgIpc) is 3.11. The van der Waals surface area contributed by atoms with E-state index >= 15 is 0 Å². The topological polar surface area (TPSA) is 55.6 Å². The highest BCUT2D eigenvalue weighted by Crippen LogP contribution is 2.32. The SMILES string of the molecule is COc1ccc(Cl)cc1C(=O)N1CCc2c(noc2-c2ccc(Cl)cc2)C1. The molecule has 1 aliphatic heterocycles. The number of hydrogen-bond donors (Lipinski definition) is 0. The fourth-order valence-corrected chi connectivity index (χ4v) is 3.55. The molecule has 0 saturated carbocycles. The van der Waals surface area contributed by atoms with Crippen molar-refractivity contribution < 1.29 is 14.1 Å². The highest BCUT2D eigenvalue weighted by molar-refractivity contribution is 6.31. The van der Waals surface area contributed by atoms with E-state index in [1.54, 1.807) is 23.1 Å². The van der Waals surface area contributed by atoms with E-state index in [1.807, 2.05) is 24.3 Å². The minimum Gasteiger partial charge on any atom is -0.496 e. The summed E-state index contributed by atoms with van der Waals surface area (Å²) < 4.78 is 10.9. The van der Waals surface area contributed by atoms with Crippen LogP contribution >= 0.6 is 23.2 Å². The Hall–Kier alpha value is -2.50. The normalized spacial score (nSPS) is 13.4. The molecule has 7 heteroatoms. The summed E-state index contributed by atoms with van der Waals surface area (Å²) in [5, 5.41) is 5.34. The molecule has 0 bridgehead atoms. The van der Waals surface area contributed by atoms with Gasteiger partial charge >= 0.3 is 0 Å². The summed E-state index contributed by atoms with van der Waals surface area (Å²) >= 11 is 12.0. The van der Waals surface area contributed by atoms with E-state index < -0.39 is 0 Å². The fourth-order valence-electron chi connectivity index (χ4n) is 3.25. The number of methoxy groups -OCH3 is 1. The lowest BCUT2D eigenvalue weighted by Gasteiger charge is -2.26. The van der Waals surface area contributed by atoms with Gasteiger partial charge in [-0.2, -0.15) is 0 Å². The van der Waals surface area contributed by atoms with Gasteiger partial charge in [0.05, 0.1) is 19.2 Å². The van der Waals surface area contributed by atoms with Crippen molar-refractivity contribution in [2.75, 3.05) is 13.7 Å². The molecule has 5 nitrogen and oxygen atoms in total. The van der Waals surface area contributed by atoms with Crippen LogP contribution in [0.1, 0.15) is 21.6 Å². The van der Waals surface area contributed by atoms with Crippen LogP contribution in [0.3, 0.4) is 0 Å². The number of fused-ring (bicyclic) bond motifs is 1. The van der Waals surface area contributed by atoms with Crippen molar-refractivity contribution in [2.45, 2.75) is 13.0 Å². The van der Waals surface area contributed by atoms with Crippen molar-refractivity contribution in [1.29, 1.82) is 0 Å². The van der Waals surface area contributed by atoms with E-state index in [4.69, 9.17) is 32.5 Å². The van der Waals surface area contributed by atoms with Crippen LogP contribution in [-0.4, -0.2) is 29.6 Å². The van der Waals surface area contributed by atoms with Gasteiger partial charge in [0.25, 0.3) is 5.91 Å². The Kier molecular flexibility index (Phi) is 4.81. The van der Waals surface area contributed by atoms with E-state index in [9.17, 15) is 4.79 Å². The van der Waals surface area contributed by atoms with Crippen molar-refractivity contribution in [3.8, 4) is 17.1 Å². The number of hydrogen-bond acceptors (Lipinski definition) is 4. The summed E-state index contributed by atoms with van der Waals surface area (Å²) in [7, 11) is 1.53. The standard InChI is InChI=1S/C20H16Cl2N2O3/c1-26-18-7-6-14(22)10-16(18)20(25)24-9-8-15-17(11-24)23-27-19(15)12-2-4-13(21)5-3-12/h2-7,10H,8-9,11H2,1H3. The van der Waals surface area contributed by atoms with Crippen molar-refractivity contribution in [2.24, 2.45) is 0 Å². The molecular formula is C20H16Cl2N2O3. The number of halogens is 2. The van der Waals surface area contributed by atoms with Crippen LogP contribution in [0.5, 0.6) is 5.75 Å². The molecule has 0 radical (unpaired) electrons. The van der Waals surface area contributed by atoms with Crippen molar-refractivity contribution in [3.05, 3.63) is 69.3 Å². The van der Waals surface area contributed by atoms with E-state index in [2.05, 4.69) is 5.16 Å².